The van der Waals surface area contributed by atoms with Gasteiger partial charge in [0.05, 0.1) is 6.04 Å². The van der Waals surface area contributed by atoms with Crippen molar-refractivity contribution in [2.75, 3.05) is 4.90 Å². The van der Waals surface area contributed by atoms with Crippen LogP contribution in [-0.4, -0.2) is 22.6 Å². The number of rotatable bonds is 2. The number of ether oxygens (including phenoxy) is 1. The molecular weight excluding hydrogens is 400 g/mol. The minimum atomic E-state index is -0.901. The Morgan fingerprint density at radius 2 is 1.69 bits per heavy atom. The number of hydrogen-bond acceptors (Lipinski definition) is 3. The Hall–Kier alpha value is -3.60. The Balaban J connectivity index is 1.67. The Morgan fingerprint density at radius 1 is 0.969 bits per heavy atom. The van der Waals surface area contributed by atoms with Crippen LogP contribution in [0.3, 0.4) is 0 Å². The van der Waals surface area contributed by atoms with Crippen molar-refractivity contribution in [3.8, 4) is 5.75 Å². The minimum absolute atomic E-state index is 0.299. The molecule has 3 aromatic carbocycles. The van der Waals surface area contributed by atoms with E-state index in [1.807, 2.05) is 82.3 Å². The minimum Gasteiger partial charge on any atom is -0.467 e. The summed E-state index contributed by atoms with van der Waals surface area (Å²) in [6.45, 7) is 7.96. The van der Waals surface area contributed by atoms with E-state index in [1.54, 1.807) is 17.0 Å². The van der Waals surface area contributed by atoms with Gasteiger partial charge in [-0.15, -0.1) is 0 Å². The molecule has 0 aliphatic carbocycles. The summed E-state index contributed by atoms with van der Waals surface area (Å²) >= 11 is 0. The van der Waals surface area contributed by atoms with Gasteiger partial charge in [-0.2, -0.15) is 0 Å². The highest BCUT2D eigenvalue weighted by Crippen LogP contribution is 2.49. The van der Waals surface area contributed by atoms with E-state index in [9.17, 15) is 9.59 Å². The molecule has 0 saturated carbocycles. The maximum atomic E-state index is 14.0. The number of nitrogens with zero attached hydrogens (tertiary/aromatic N) is 2. The standard InChI is InChI=1S/C27H26N2O3/c1-17-9-12-20(13-10-17)25(30)28-23-16-27(4,32-24-8-6-5-7-22(23)24)29(26(28)31)21-14-11-18(2)19(3)15-21/h5-15,23H,16H2,1-4H3/t23-,27+/m0/s1. The molecule has 5 nitrogen and oxygen atoms in total. The van der Waals surface area contributed by atoms with Gasteiger partial charge in [0.25, 0.3) is 5.91 Å². The van der Waals surface area contributed by atoms with Crippen LogP contribution in [0.15, 0.2) is 66.7 Å². The van der Waals surface area contributed by atoms with Crippen LogP contribution < -0.4 is 9.64 Å². The average Bonchev–Trinajstić information content (AvgIpc) is 2.76. The Kier molecular flexibility index (Phi) is 4.59. The number of imide groups is 1. The predicted molar refractivity (Wildman–Crippen MR) is 124 cm³/mol. The smallest absolute Gasteiger partial charge is 0.335 e. The third-order valence-electron chi connectivity index (χ3n) is 6.63. The number of fused-ring (bicyclic) bond motifs is 4. The number of para-hydroxylation sites is 1. The molecule has 1 saturated heterocycles. The first kappa shape index (κ1) is 20.3. The maximum absolute atomic E-state index is 14.0. The summed E-state index contributed by atoms with van der Waals surface area (Å²) in [5.74, 6) is 0.405. The van der Waals surface area contributed by atoms with Crippen LogP contribution in [0.5, 0.6) is 5.75 Å². The number of carbonyl (C=O) groups is 2. The highest BCUT2D eigenvalue weighted by atomic mass is 16.5. The van der Waals surface area contributed by atoms with Crippen molar-refractivity contribution in [3.63, 3.8) is 0 Å². The lowest BCUT2D eigenvalue weighted by molar-refractivity contribution is 0.00268. The first-order chi connectivity index (χ1) is 15.3. The van der Waals surface area contributed by atoms with Crippen molar-refractivity contribution in [2.45, 2.75) is 45.9 Å². The second-order valence-electron chi connectivity index (χ2n) is 8.96. The molecule has 5 rings (SSSR count). The number of amides is 3. The zero-order valence-electron chi connectivity index (χ0n) is 18.8. The monoisotopic (exact) mass is 426 g/mol. The van der Waals surface area contributed by atoms with Gasteiger partial charge in [0.2, 0.25) is 0 Å². The quantitative estimate of drug-likeness (QED) is 0.510. The molecule has 0 unspecified atom stereocenters. The Labute approximate surface area is 188 Å². The van der Waals surface area contributed by atoms with Crippen molar-refractivity contribution < 1.29 is 14.3 Å². The first-order valence-electron chi connectivity index (χ1n) is 10.9. The van der Waals surface area contributed by atoms with E-state index in [1.165, 1.54) is 4.90 Å². The normalized spacial score (nSPS) is 21.8. The Morgan fingerprint density at radius 3 is 2.41 bits per heavy atom. The second-order valence-corrected chi connectivity index (χ2v) is 8.96. The van der Waals surface area contributed by atoms with E-state index in [2.05, 4.69) is 0 Å². The van der Waals surface area contributed by atoms with E-state index in [4.69, 9.17) is 4.74 Å². The van der Waals surface area contributed by atoms with Crippen LogP contribution in [0.4, 0.5) is 10.5 Å². The van der Waals surface area contributed by atoms with E-state index in [0.717, 1.165) is 27.9 Å². The van der Waals surface area contributed by atoms with Crippen LogP contribution in [0.1, 0.15) is 52.0 Å². The summed E-state index contributed by atoms with van der Waals surface area (Å²) < 4.78 is 6.41. The largest absolute Gasteiger partial charge is 0.467 e. The molecule has 3 aromatic rings. The lowest BCUT2D eigenvalue weighted by atomic mass is 9.88. The summed E-state index contributed by atoms with van der Waals surface area (Å²) in [5, 5.41) is 0. The summed E-state index contributed by atoms with van der Waals surface area (Å²) in [6, 6.07) is 20.2. The number of benzene rings is 3. The third kappa shape index (κ3) is 3.08. The molecule has 0 spiro atoms. The highest BCUT2D eigenvalue weighted by molar-refractivity contribution is 6.10. The molecule has 0 radical (unpaired) electrons. The molecule has 2 aliphatic rings. The van der Waals surface area contributed by atoms with Crippen LogP contribution >= 0.6 is 0 Å². The van der Waals surface area contributed by atoms with Gasteiger partial charge < -0.3 is 4.74 Å². The molecule has 3 amide bonds. The van der Waals surface area contributed by atoms with E-state index >= 15 is 0 Å². The van der Waals surface area contributed by atoms with E-state index in [0.29, 0.717) is 17.7 Å². The molecule has 1 fully saturated rings. The molecule has 0 aromatic heterocycles. The number of urea groups is 1. The number of hydrogen-bond donors (Lipinski definition) is 0. The summed E-state index contributed by atoms with van der Waals surface area (Å²) in [7, 11) is 0. The van der Waals surface area contributed by atoms with Crippen LogP contribution in [0.25, 0.3) is 0 Å². The van der Waals surface area contributed by atoms with E-state index < -0.39 is 11.8 Å². The Bertz CT molecular complexity index is 1230. The SMILES string of the molecule is Cc1ccc(C(=O)N2C(=O)N(c3ccc(C)c(C)c3)[C@@]3(C)C[C@H]2c2ccccc2O3)cc1. The predicted octanol–water partition coefficient (Wildman–Crippen LogP) is 5.93. The van der Waals surface area contributed by atoms with E-state index in [-0.39, 0.29) is 11.9 Å². The first-order valence-corrected chi connectivity index (χ1v) is 10.9. The molecule has 2 atom stereocenters. The fourth-order valence-electron chi connectivity index (χ4n) is 4.72. The zero-order valence-corrected chi connectivity index (χ0v) is 18.8. The molecule has 0 N–H and O–H groups in total. The van der Waals surface area contributed by atoms with Gasteiger partial charge in [-0.05, 0) is 69.2 Å². The van der Waals surface area contributed by atoms with Crippen molar-refractivity contribution in [1.82, 2.24) is 4.90 Å². The maximum Gasteiger partial charge on any atom is 0.335 e. The molecule has 32 heavy (non-hydrogen) atoms. The van der Waals surface area contributed by atoms with Gasteiger partial charge in [0, 0.05) is 23.2 Å². The molecule has 162 valence electrons. The van der Waals surface area contributed by atoms with Gasteiger partial charge in [0.15, 0.2) is 5.72 Å². The number of anilines is 1. The average molecular weight is 427 g/mol. The summed E-state index contributed by atoms with van der Waals surface area (Å²) in [6.07, 6.45) is 0.486. The molecular formula is C27H26N2O3. The van der Waals surface area contributed by atoms with Crippen LogP contribution in [-0.2, 0) is 0 Å². The fraction of sp³-hybridized carbons (Fsp3) is 0.259. The van der Waals surface area contributed by atoms with Gasteiger partial charge in [0.1, 0.15) is 5.75 Å². The molecule has 2 bridgehead atoms. The van der Waals surface area contributed by atoms with Crippen molar-refractivity contribution in [2.24, 2.45) is 0 Å². The van der Waals surface area contributed by atoms with Crippen molar-refractivity contribution in [1.29, 1.82) is 0 Å². The van der Waals surface area contributed by atoms with Crippen molar-refractivity contribution >= 4 is 17.6 Å². The number of aryl methyl sites for hydroxylation is 3. The van der Waals surface area contributed by atoms with Gasteiger partial charge in [-0.3, -0.25) is 14.6 Å². The third-order valence-corrected chi connectivity index (χ3v) is 6.63. The highest BCUT2D eigenvalue weighted by Gasteiger charge is 2.55. The number of carbonyl (C=O) groups excluding carboxylic acids is 2. The van der Waals surface area contributed by atoms with Crippen molar-refractivity contribution in [3.05, 3.63) is 94.5 Å². The van der Waals surface area contributed by atoms with Gasteiger partial charge >= 0.3 is 6.03 Å². The molecule has 5 heteroatoms. The van der Waals surface area contributed by atoms with Crippen LogP contribution in [0.2, 0.25) is 0 Å². The fourth-order valence-corrected chi connectivity index (χ4v) is 4.72. The molecule has 2 heterocycles. The second kappa shape index (κ2) is 7.23. The molecule has 2 aliphatic heterocycles. The van der Waals surface area contributed by atoms with Crippen LogP contribution in [0, 0.1) is 20.8 Å². The lowest BCUT2D eigenvalue weighted by Gasteiger charge is -2.53. The van der Waals surface area contributed by atoms with Gasteiger partial charge in [-0.25, -0.2) is 4.79 Å². The zero-order chi connectivity index (χ0) is 22.6. The van der Waals surface area contributed by atoms with Gasteiger partial charge in [-0.1, -0.05) is 42.0 Å². The lowest BCUT2D eigenvalue weighted by Crippen LogP contribution is -2.67. The summed E-state index contributed by atoms with van der Waals surface area (Å²) in [5.41, 5.74) is 4.46. The summed E-state index contributed by atoms with van der Waals surface area (Å²) in [4.78, 5) is 30.7. The topological polar surface area (TPSA) is 49.9 Å².